The fourth-order valence-corrected chi connectivity index (χ4v) is 5.48. The van der Waals surface area contributed by atoms with Crippen LogP contribution in [-0.4, -0.2) is 41.8 Å². The van der Waals surface area contributed by atoms with Crippen molar-refractivity contribution < 1.29 is 24.2 Å². The molecule has 2 aliphatic rings. The van der Waals surface area contributed by atoms with Crippen LogP contribution >= 0.6 is 0 Å². The number of carboxylic acid groups (broad SMARTS) is 1. The van der Waals surface area contributed by atoms with Crippen LogP contribution in [0.4, 0.5) is 4.79 Å². The van der Waals surface area contributed by atoms with Crippen molar-refractivity contribution in [2.24, 2.45) is 5.92 Å². The predicted octanol–water partition coefficient (Wildman–Crippen LogP) is 4.85. The average molecular weight is 479 g/mol. The average Bonchev–Trinajstić information content (AvgIpc) is 3.42. The molecule has 35 heavy (non-hydrogen) atoms. The molecule has 3 N–H and O–H groups in total. The molecule has 7 nitrogen and oxygen atoms in total. The molecule has 186 valence electrons. The van der Waals surface area contributed by atoms with Crippen molar-refractivity contribution in [1.82, 2.24) is 10.6 Å². The number of hydrogen-bond donors (Lipinski definition) is 3. The largest absolute Gasteiger partial charge is 0.481 e. The topological polar surface area (TPSA) is 105 Å². The van der Waals surface area contributed by atoms with Gasteiger partial charge in [-0.05, 0) is 41.0 Å². The van der Waals surface area contributed by atoms with Crippen LogP contribution in [0.5, 0.6) is 0 Å². The van der Waals surface area contributed by atoms with E-state index in [9.17, 15) is 14.4 Å². The van der Waals surface area contributed by atoms with Crippen LogP contribution in [0.1, 0.15) is 68.9 Å². The Labute approximate surface area is 206 Å². The van der Waals surface area contributed by atoms with Gasteiger partial charge in [-0.2, -0.15) is 0 Å². The van der Waals surface area contributed by atoms with E-state index in [0.29, 0.717) is 13.0 Å². The molecule has 1 atom stereocenters. The molecular formula is C28H34N2O5. The number of carboxylic acids is 1. The van der Waals surface area contributed by atoms with E-state index < -0.39 is 17.6 Å². The van der Waals surface area contributed by atoms with Crippen molar-refractivity contribution in [3.8, 4) is 11.1 Å². The number of rotatable bonds is 10. The van der Waals surface area contributed by atoms with Crippen molar-refractivity contribution in [2.75, 3.05) is 13.2 Å². The van der Waals surface area contributed by atoms with Crippen molar-refractivity contribution in [1.29, 1.82) is 0 Å². The number of alkyl carbamates (subject to hydrolysis) is 1. The molecule has 7 heteroatoms. The third-order valence-electron chi connectivity index (χ3n) is 7.40. The van der Waals surface area contributed by atoms with E-state index in [0.717, 1.165) is 36.8 Å². The summed E-state index contributed by atoms with van der Waals surface area (Å²) in [4.78, 5) is 36.5. The standard InChI is InChI=1S/C28H34N2O5/c1-2-19(15-26(32)33)17-29-25(31)16-28(13-7-8-14-28)30-27(34)35-18-24-22-11-5-3-9-20(22)21-10-4-6-12-23(21)24/h3-6,9-12,19,24H,2,7-8,13-18H2,1H3,(H,29,31)(H,30,34)(H,32,33). The van der Waals surface area contributed by atoms with Gasteiger partial charge in [0.1, 0.15) is 6.61 Å². The first-order valence-corrected chi connectivity index (χ1v) is 12.5. The van der Waals surface area contributed by atoms with Crippen LogP contribution in [0.15, 0.2) is 48.5 Å². The molecule has 0 bridgehead atoms. The first-order valence-electron chi connectivity index (χ1n) is 12.5. The van der Waals surface area contributed by atoms with Gasteiger partial charge in [0.15, 0.2) is 0 Å². The fourth-order valence-electron chi connectivity index (χ4n) is 5.48. The van der Waals surface area contributed by atoms with Gasteiger partial charge in [-0.1, -0.05) is 74.7 Å². The molecule has 1 fully saturated rings. The highest BCUT2D eigenvalue weighted by Crippen LogP contribution is 2.44. The van der Waals surface area contributed by atoms with Gasteiger partial charge in [0, 0.05) is 25.3 Å². The molecular weight excluding hydrogens is 444 g/mol. The maximum absolute atomic E-state index is 12.9. The van der Waals surface area contributed by atoms with Gasteiger partial charge in [0.25, 0.3) is 0 Å². The lowest BCUT2D eigenvalue weighted by atomic mass is 9.92. The van der Waals surface area contributed by atoms with Crippen LogP contribution in [0.25, 0.3) is 11.1 Å². The van der Waals surface area contributed by atoms with Gasteiger partial charge in [-0.3, -0.25) is 9.59 Å². The number of aliphatic carboxylic acids is 1. The number of fused-ring (bicyclic) bond motifs is 3. The molecule has 1 saturated carbocycles. The van der Waals surface area contributed by atoms with Crippen LogP contribution in [0.3, 0.4) is 0 Å². The van der Waals surface area contributed by atoms with Crippen molar-refractivity contribution in [2.45, 2.75) is 63.3 Å². The van der Waals surface area contributed by atoms with Crippen LogP contribution < -0.4 is 10.6 Å². The molecule has 0 heterocycles. The van der Waals surface area contributed by atoms with E-state index >= 15 is 0 Å². The summed E-state index contributed by atoms with van der Waals surface area (Å²) in [5.74, 6) is -1.16. The Morgan fingerprint density at radius 2 is 1.63 bits per heavy atom. The number of hydrogen-bond acceptors (Lipinski definition) is 4. The molecule has 0 saturated heterocycles. The molecule has 2 aromatic rings. The number of benzene rings is 2. The van der Waals surface area contributed by atoms with E-state index in [1.54, 1.807) is 0 Å². The molecule has 0 aromatic heterocycles. The van der Waals surface area contributed by atoms with E-state index in [4.69, 9.17) is 9.84 Å². The molecule has 2 aliphatic carbocycles. The second-order valence-corrected chi connectivity index (χ2v) is 9.79. The quantitative estimate of drug-likeness (QED) is 0.453. The predicted molar refractivity (Wildman–Crippen MR) is 133 cm³/mol. The Bertz CT molecular complexity index is 1030. The van der Waals surface area contributed by atoms with Crippen molar-refractivity contribution in [3.05, 3.63) is 59.7 Å². The number of carbonyl (C=O) groups excluding carboxylic acids is 2. The van der Waals surface area contributed by atoms with Gasteiger partial charge in [-0.15, -0.1) is 0 Å². The molecule has 0 spiro atoms. The summed E-state index contributed by atoms with van der Waals surface area (Å²) in [7, 11) is 0. The highest BCUT2D eigenvalue weighted by Gasteiger charge is 2.38. The molecule has 4 rings (SSSR count). The summed E-state index contributed by atoms with van der Waals surface area (Å²) < 4.78 is 5.72. The Hall–Kier alpha value is -3.35. The molecule has 2 aromatic carbocycles. The highest BCUT2D eigenvalue weighted by atomic mass is 16.5. The first kappa shape index (κ1) is 24.8. The Balaban J connectivity index is 1.35. The third-order valence-corrected chi connectivity index (χ3v) is 7.40. The summed E-state index contributed by atoms with van der Waals surface area (Å²) in [5, 5.41) is 14.9. The zero-order chi connectivity index (χ0) is 24.8. The maximum Gasteiger partial charge on any atom is 0.407 e. The van der Waals surface area contributed by atoms with Crippen LogP contribution in [0.2, 0.25) is 0 Å². The summed E-state index contributed by atoms with van der Waals surface area (Å²) in [6.45, 7) is 2.47. The number of nitrogens with one attached hydrogen (secondary N) is 2. The minimum Gasteiger partial charge on any atom is -0.481 e. The second-order valence-electron chi connectivity index (χ2n) is 9.79. The summed E-state index contributed by atoms with van der Waals surface area (Å²) in [6, 6.07) is 16.4. The smallest absolute Gasteiger partial charge is 0.407 e. The van der Waals surface area contributed by atoms with E-state index in [1.165, 1.54) is 11.1 Å². The van der Waals surface area contributed by atoms with Crippen LogP contribution in [0, 0.1) is 5.92 Å². The Kier molecular flexibility index (Phi) is 7.73. The van der Waals surface area contributed by atoms with Gasteiger partial charge in [-0.25, -0.2) is 4.79 Å². The third kappa shape index (κ3) is 5.84. The number of amides is 2. The minimum absolute atomic E-state index is 0.0174. The van der Waals surface area contributed by atoms with Crippen LogP contribution in [-0.2, 0) is 14.3 Å². The SMILES string of the molecule is CCC(CNC(=O)CC1(NC(=O)OCC2c3ccccc3-c3ccccc32)CCCC1)CC(=O)O. The Morgan fingerprint density at radius 3 is 2.20 bits per heavy atom. The lowest BCUT2D eigenvalue weighted by molar-refractivity contribution is -0.138. The minimum atomic E-state index is -0.865. The molecule has 1 unspecified atom stereocenters. The molecule has 2 amide bonds. The second kappa shape index (κ2) is 10.9. The zero-order valence-corrected chi connectivity index (χ0v) is 20.2. The monoisotopic (exact) mass is 478 g/mol. The lowest BCUT2D eigenvalue weighted by Gasteiger charge is -2.30. The summed E-state index contributed by atoms with van der Waals surface area (Å²) >= 11 is 0. The zero-order valence-electron chi connectivity index (χ0n) is 20.2. The molecule has 0 radical (unpaired) electrons. The number of ether oxygens (including phenoxy) is 1. The Morgan fingerprint density at radius 1 is 1.03 bits per heavy atom. The summed E-state index contributed by atoms with van der Waals surface area (Å²) in [6.07, 6.45) is 3.68. The fraction of sp³-hybridized carbons (Fsp3) is 0.464. The summed E-state index contributed by atoms with van der Waals surface area (Å²) in [5.41, 5.74) is 4.04. The maximum atomic E-state index is 12.9. The van der Waals surface area contributed by atoms with Crippen molar-refractivity contribution in [3.63, 3.8) is 0 Å². The van der Waals surface area contributed by atoms with E-state index in [1.807, 2.05) is 31.2 Å². The van der Waals surface area contributed by atoms with Gasteiger partial charge in [0.2, 0.25) is 5.91 Å². The van der Waals surface area contributed by atoms with Crippen molar-refractivity contribution >= 4 is 18.0 Å². The van der Waals surface area contributed by atoms with Gasteiger partial charge in [0.05, 0.1) is 5.54 Å². The van der Waals surface area contributed by atoms with Gasteiger partial charge < -0.3 is 20.5 Å². The van der Waals surface area contributed by atoms with E-state index in [2.05, 4.69) is 34.9 Å². The number of carbonyl (C=O) groups is 3. The highest BCUT2D eigenvalue weighted by molar-refractivity contribution is 5.80. The van der Waals surface area contributed by atoms with E-state index in [-0.39, 0.29) is 37.2 Å². The lowest BCUT2D eigenvalue weighted by Crippen LogP contribution is -2.50. The van der Waals surface area contributed by atoms with Gasteiger partial charge >= 0.3 is 12.1 Å². The normalized spacial score (nSPS) is 16.7. The molecule has 0 aliphatic heterocycles. The first-order chi connectivity index (χ1) is 16.9.